The molecule has 4 rings (SSSR count). The minimum Gasteiger partial charge on any atom is -0.298 e. The molecule has 0 saturated heterocycles. The van der Waals surface area contributed by atoms with Crippen molar-refractivity contribution in [2.45, 2.75) is 42.9 Å². The Labute approximate surface area is 149 Å². The molecule has 0 spiro atoms. The van der Waals surface area contributed by atoms with Gasteiger partial charge >= 0.3 is 0 Å². The first-order valence-electron chi connectivity index (χ1n) is 8.24. The van der Waals surface area contributed by atoms with Crippen molar-refractivity contribution in [3.05, 3.63) is 42.2 Å². The summed E-state index contributed by atoms with van der Waals surface area (Å²) in [6.45, 7) is 1.92. The molecule has 2 heterocycles. The number of carbonyl (C=O) groups excluding carboxylic acids is 1. The van der Waals surface area contributed by atoms with Gasteiger partial charge in [0.15, 0.2) is 0 Å². The predicted octanol–water partition coefficient (Wildman–Crippen LogP) is 5.27. The number of hydrogen-bond donors (Lipinski definition) is 0. The number of rotatable bonds is 3. The number of thiophene rings is 1. The SMILES string of the molecule is Cc1nc(SC2CCCCC2=O)c2cc(-c3ccccc3)sc2n1. The van der Waals surface area contributed by atoms with Crippen LogP contribution in [-0.2, 0) is 4.79 Å². The van der Waals surface area contributed by atoms with Gasteiger partial charge in [-0.3, -0.25) is 4.79 Å². The van der Waals surface area contributed by atoms with E-state index in [1.807, 2.05) is 25.1 Å². The van der Waals surface area contributed by atoms with Crippen LogP contribution in [0, 0.1) is 6.92 Å². The summed E-state index contributed by atoms with van der Waals surface area (Å²) < 4.78 is 0. The summed E-state index contributed by atoms with van der Waals surface area (Å²) >= 11 is 3.32. The van der Waals surface area contributed by atoms with Crippen LogP contribution in [0.15, 0.2) is 41.4 Å². The van der Waals surface area contributed by atoms with Crippen molar-refractivity contribution in [1.29, 1.82) is 0 Å². The fourth-order valence-electron chi connectivity index (χ4n) is 3.04. The second-order valence-electron chi connectivity index (χ2n) is 6.09. The van der Waals surface area contributed by atoms with Crippen LogP contribution < -0.4 is 0 Å². The Morgan fingerprint density at radius 2 is 2.00 bits per heavy atom. The summed E-state index contributed by atoms with van der Waals surface area (Å²) in [7, 11) is 0. The Morgan fingerprint density at radius 1 is 1.17 bits per heavy atom. The number of fused-ring (bicyclic) bond motifs is 1. The summed E-state index contributed by atoms with van der Waals surface area (Å²) in [5.74, 6) is 1.14. The number of nitrogens with zero attached hydrogens (tertiary/aromatic N) is 2. The summed E-state index contributed by atoms with van der Waals surface area (Å²) in [6.07, 6.45) is 3.84. The van der Waals surface area contributed by atoms with Crippen LogP contribution in [0.25, 0.3) is 20.7 Å². The molecule has 0 aliphatic heterocycles. The molecule has 122 valence electrons. The minimum absolute atomic E-state index is 0.0522. The van der Waals surface area contributed by atoms with Gasteiger partial charge in [0.05, 0.1) is 5.25 Å². The normalized spacial score (nSPS) is 18.2. The second kappa shape index (κ2) is 6.65. The molecule has 3 nitrogen and oxygen atoms in total. The van der Waals surface area contributed by atoms with Gasteiger partial charge in [0.25, 0.3) is 0 Å². The number of hydrogen-bond acceptors (Lipinski definition) is 5. The molecular weight excluding hydrogens is 336 g/mol. The fraction of sp³-hybridized carbons (Fsp3) is 0.316. The van der Waals surface area contributed by atoms with Crippen molar-refractivity contribution < 1.29 is 4.79 Å². The summed E-state index contributed by atoms with van der Waals surface area (Å²) in [6, 6.07) is 12.5. The summed E-state index contributed by atoms with van der Waals surface area (Å²) in [4.78, 5) is 23.6. The second-order valence-corrected chi connectivity index (χ2v) is 8.31. The highest BCUT2D eigenvalue weighted by atomic mass is 32.2. The van der Waals surface area contributed by atoms with E-state index in [4.69, 9.17) is 0 Å². The molecule has 1 aromatic carbocycles. The van der Waals surface area contributed by atoms with Crippen molar-refractivity contribution in [3.8, 4) is 10.4 Å². The molecule has 3 aromatic rings. The molecule has 1 aliphatic rings. The first-order chi connectivity index (χ1) is 11.7. The Morgan fingerprint density at radius 3 is 2.79 bits per heavy atom. The smallest absolute Gasteiger partial charge is 0.146 e. The largest absolute Gasteiger partial charge is 0.298 e. The van der Waals surface area contributed by atoms with Crippen LogP contribution in [0.4, 0.5) is 0 Å². The van der Waals surface area contributed by atoms with Crippen LogP contribution in [0.1, 0.15) is 31.5 Å². The lowest BCUT2D eigenvalue weighted by molar-refractivity contribution is -0.119. The minimum atomic E-state index is 0.0522. The van der Waals surface area contributed by atoms with E-state index in [9.17, 15) is 4.79 Å². The maximum Gasteiger partial charge on any atom is 0.146 e. The number of aromatic nitrogens is 2. The van der Waals surface area contributed by atoms with Gasteiger partial charge < -0.3 is 0 Å². The van der Waals surface area contributed by atoms with Crippen LogP contribution in [-0.4, -0.2) is 21.0 Å². The molecule has 1 aliphatic carbocycles. The van der Waals surface area contributed by atoms with E-state index in [2.05, 4.69) is 28.2 Å². The predicted molar refractivity (Wildman–Crippen MR) is 101 cm³/mol. The van der Waals surface area contributed by atoms with Crippen LogP contribution >= 0.6 is 23.1 Å². The summed E-state index contributed by atoms with van der Waals surface area (Å²) in [5, 5.41) is 2.08. The van der Waals surface area contributed by atoms with E-state index >= 15 is 0 Å². The Hall–Kier alpha value is -1.72. The third kappa shape index (κ3) is 3.10. The standard InChI is InChI=1S/C19H18N2OS2/c1-12-20-18(23-16-10-6-5-9-15(16)22)14-11-17(24-19(14)21-12)13-7-3-2-4-8-13/h2-4,7-8,11,16H,5-6,9-10H2,1H3. The highest BCUT2D eigenvalue weighted by Crippen LogP contribution is 2.39. The van der Waals surface area contributed by atoms with Crippen LogP contribution in [0.2, 0.25) is 0 Å². The number of ketones is 1. The Bertz CT molecular complexity index is 889. The number of thioether (sulfide) groups is 1. The highest BCUT2D eigenvalue weighted by Gasteiger charge is 2.25. The third-order valence-electron chi connectivity index (χ3n) is 4.28. The molecule has 0 radical (unpaired) electrons. The number of aryl methyl sites for hydroxylation is 1. The van der Waals surface area contributed by atoms with E-state index in [-0.39, 0.29) is 5.25 Å². The van der Waals surface area contributed by atoms with E-state index in [0.717, 1.165) is 40.3 Å². The van der Waals surface area contributed by atoms with E-state index in [0.29, 0.717) is 12.2 Å². The molecule has 1 saturated carbocycles. The average molecular weight is 354 g/mol. The molecule has 5 heteroatoms. The van der Waals surface area contributed by atoms with Gasteiger partial charge in [-0.25, -0.2) is 9.97 Å². The molecule has 1 unspecified atom stereocenters. The van der Waals surface area contributed by atoms with Crippen molar-refractivity contribution in [2.24, 2.45) is 0 Å². The number of Topliss-reactive ketones (excluding diaryl/α,β-unsaturated/α-hetero) is 1. The van der Waals surface area contributed by atoms with Gasteiger partial charge in [0.1, 0.15) is 21.5 Å². The lowest BCUT2D eigenvalue weighted by atomic mass is 9.99. The molecule has 1 atom stereocenters. The zero-order valence-electron chi connectivity index (χ0n) is 13.5. The monoisotopic (exact) mass is 354 g/mol. The zero-order valence-corrected chi connectivity index (χ0v) is 15.1. The molecule has 0 amide bonds. The van der Waals surface area contributed by atoms with Crippen LogP contribution in [0.3, 0.4) is 0 Å². The molecule has 2 aromatic heterocycles. The van der Waals surface area contributed by atoms with Gasteiger partial charge in [-0.15, -0.1) is 11.3 Å². The van der Waals surface area contributed by atoms with Gasteiger partial charge in [-0.05, 0) is 31.4 Å². The third-order valence-corrected chi connectivity index (χ3v) is 6.68. The maximum absolute atomic E-state index is 12.2. The number of carbonyl (C=O) groups is 1. The van der Waals surface area contributed by atoms with Gasteiger partial charge in [-0.1, -0.05) is 48.5 Å². The fourth-order valence-corrected chi connectivity index (χ4v) is 5.46. The number of benzene rings is 1. The first-order valence-corrected chi connectivity index (χ1v) is 9.93. The zero-order chi connectivity index (χ0) is 16.5. The van der Waals surface area contributed by atoms with Crippen molar-refractivity contribution >= 4 is 39.1 Å². The van der Waals surface area contributed by atoms with Crippen molar-refractivity contribution in [1.82, 2.24) is 9.97 Å². The van der Waals surface area contributed by atoms with Gasteiger partial charge in [0, 0.05) is 16.7 Å². The average Bonchev–Trinajstić information content (AvgIpc) is 3.02. The molecule has 0 bridgehead atoms. The highest BCUT2D eigenvalue weighted by molar-refractivity contribution is 8.00. The Kier molecular flexibility index (Phi) is 4.37. The van der Waals surface area contributed by atoms with Gasteiger partial charge in [-0.2, -0.15) is 0 Å². The lowest BCUT2D eigenvalue weighted by Crippen LogP contribution is -2.21. The molecular formula is C19H18N2OS2. The lowest BCUT2D eigenvalue weighted by Gasteiger charge is -2.19. The van der Waals surface area contributed by atoms with E-state index in [1.165, 1.54) is 10.4 Å². The van der Waals surface area contributed by atoms with E-state index < -0.39 is 0 Å². The van der Waals surface area contributed by atoms with Crippen LogP contribution in [0.5, 0.6) is 0 Å². The molecule has 0 N–H and O–H groups in total. The summed E-state index contributed by atoms with van der Waals surface area (Å²) in [5.41, 5.74) is 1.20. The maximum atomic E-state index is 12.2. The Balaban J connectivity index is 1.74. The van der Waals surface area contributed by atoms with Gasteiger partial charge in [0.2, 0.25) is 0 Å². The molecule has 1 fully saturated rings. The first kappa shape index (κ1) is 15.8. The van der Waals surface area contributed by atoms with E-state index in [1.54, 1.807) is 23.1 Å². The van der Waals surface area contributed by atoms with Crippen molar-refractivity contribution in [3.63, 3.8) is 0 Å². The van der Waals surface area contributed by atoms with Crippen molar-refractivity contribution in [2.75, 3.05) is 0 Å². The topological polar surface area (TPSA) is 42.9 Å². The molecule has 24 heavy (non-hydrogen) atoms. The quantitative estimate of drug-likeness (QED) is 0.601.